The van der Waals surface area contributed by atoms with Crippen molar-refractivity contribution < 1.29 is 4.79 Å². The molecule has 0 aromatic heterocycles. The van der Waals surface area contributed by atoms with Gasteiger partial charge in [0, 0.05) is 24.3 Å². The summed E-state index contributed by atoms with van der Waals surface area (Å²) in [7, 11) is 0. The highest BCUT2D eigenvalue weighted by atomic mass is 16.1. The van der Waals surface area contributed by atoms with Crippen LogP contribution < -0.4 is 4.90 Å². The molecule has 0 amide bonds. The molecule has 0 unspecified atom stereocenters. The smallest absolute Gasteiger partial charge is 0.150 e. The van der Waals surface area contributed by atoms with Gasteiger partial charge < -0.3 is 4.90 Å². The first kappa shape index (κ1) is 15.7. The van der Waals surface area contributed by atoms with E-state index in [0.29, 0.717) is 0 Å². The van der Waals surface area contributed by atoms with Crippen LogP contribution in [0.2, 0.25) is 0 Å². The van der Waals surface area contributed by atoms with Crippen molar-refractivity contribution >= 4 is 12.0 Å². The Bertz CT molecular complexity index is 355. The quantitative estimate of drug-likeness (QED) is 0.646. The second-order valence-corrected chi connectivity index (χ2v) is 6.06. The highest BCUT2D eigenvalue weighted by molar-refractivity contribution is 5.75. The number of anilines is 1. The van der Waals surface area contributed by atoms with Gasteiger partial charge >= 0.3 is 0 Å². The van der Waals surface area contributed by atoms with Gasteiger partial charge in [0.15, 0.2) is 0 Å². The Hall–Kier alpha value is -1.31. The van der Waals surface area contributed by atoms with E-state index in [1.807, 2.05) is 12.1 Å². The maximum atomic E-state index is 10.7. The Balaban J connectivity index is 2.71. The average molecular weight is 261 g/mol. The van der Waals surface area contributed by atoms with E-state index in [4.69, 9.17) is 0 Å². The van der Waals surface area contributed by atoms with E-state index in [1.54, 1.807) is 0 Å². The van der Waals surface area contributed by atoms with Gasteiger partial charge in [-0.2, -0.15) is 0 Å². The van der Waals surface area contributed by atoms with Crippen LogP contribution in [-0.4, -0.2) is 19.4 Å². The summed E-state index contributed by atoms with van der Waals surface area (Å²) in [5, 5.41) is 0. The molecule has 2 nitrogen and oxygen atoms in total. The highest BCUT2D eigenvalue weighted by Crippen LogP contribution is 2.18. The van der Waals surface area contributed by atoms with Crippen molar-refractivity contribution in [2.75, 3.05) is 18.0 Å². The third kappa shape index (κ3) is 5.91. The molecule has 1 aromatic rings. The third-order valence-corrected chi connectivity index (χ3v) is 3.35. The minimum absolute atomic E-state index is 0.718. The van der Waals surface area contributed by atoms with E-state index in [9.17, 15) is 4.79 Å². The number of hydrogen-bond donors (Lipinski definition) is 0. The fourth-order valence-electron chi connectivity index (χ4n) is 1.96. The molecule has 0 fully saturated rings. The van der Waals surface area contributed by atoms with Crippen LogP contribution >= 0.6 is 0 Å². The van der Waals surface area contributed by atoms with Crippen molar-refractivity contribution in [2.45, 2.75) is 40.5 Å². The standard InChI is InChI=1S/C17H27NO/c1-14(2)9-11-18(12-10-15(3)4)17-7-5-16(13-19)6-8-17/h5-8,13-15H,9-12H2,1-4H3. The van der Waals surface area contributed by atoms with Gasteiger partial charge in [-0.15, -0.1) is 0 Å². The number of hydrogen-bond acceptors (Lipinski definition) is 2. The second-order valence-electron chi connectivity index (χ2n) is 6.06. The predicted molar refractivity (Wildman–Crippen MR) is 83.0 cm³/mol. The zero-order valence-corrected chi connectivity index (χ0v) is 12.7. The summed E-state index contributed by atoms with van der Waals surface area (Å²) in [5.74, 6) is 1.44. The first-order chi connectivity index (χ1) is 9.02. The Labute approximate surface area is 117 Å². The summed E-state index contributed by atoms with van der Waals surface area (Å²) in [6.07, 6.45) is 3.30. The van der Waals surface area contributed by atoms with Crippen molar-refractivity contribution in [1.29, 1.82) is 0 Å². The molecule has 0 N–H and O–H groups in total. The summed E-state index contributed by atoms with van der Waals surface area (Å²) in [5.41, 5.74) is 1.98. The monoisotopic (exact) mass is 261 g/mol. The number of rotatable bonds is 8. The van der Waals surface area contributed by atoms with E-state index >= 15 is 0 Å². The van der Waals surface area contributed by atoms with Crippen LogP contribution in [-0.2, 0) is 0 Å². The maximum Gasteiger partial charge on any atom is 0.150 e. The highest BCUT2D eigenvalue weighted by Gasteiger charge is 2.08. The molecular weight excluding hydrogens is 234 g/mol. The van der Waals surface area contributed by atoms with E-state index in [-0.39, 0.29) is 0 Å². The third-order valence-electron chi connectivity index (χ3n) is 3.35. The van der Waals surface area contributed by atoms with Crippen LogP contribution in [0, 0.1) is 11.8 Å². The number of benzene rings is 1. The first-order valence-corrected chi connectivity index (χ1v) is 7.33. The molecule has 106 valence electrons. The minimum Gasteiger partial charge on any atom is -0.372 e. The molecule has 19 heavy (non-hydrogen) atoms. The topological polar surface area (TPSA) is 20.3 Å². The van der Waals surface area contributed by atoms with Crippen molar-refractivity contribution in [3.8, 4) is 0 Å². The molecule has 1 aromatic carbocycles. The largest absolute Gasteiger partial charge is 0.372 e. The van der Waals surface area contributed by atoms with Gasteiger partial charge in [0.1, 0.15) is 6.29 Å². The summed E-state index contributed by atoms with van der Waals surface area (Å²) < 4.78 is 0. The molecule has 1 rings (SSSR count). The van der Waals surface area contributed by atoms with Crippen LogP contribution in [0.5, 0.6) is 0 Å². The first-order valence-electron chi connectivity index (χ1n) is 7.33. The van der Waals surface area contributed by atoms with Gasteiger partial charge in [-0.25, -0.2) is 0 Å². The molecule has 0 radical (unpaired) electrons. The molecule has 0 bridgehead atoms. The number of carbonyl (C=O) groups excluding carboxylic acids is 1. The summed E-state index contributed by atoms with van der Waals surface area (Å²) in [6, 6.07) is 7.93. The van der Waals surface area contributed by atoms with Gasteiger partial charge in [0.05, 0.1) is 0 Å². The summed E-state index contributed by atoms with van der Waals surface area (Å²) in [4.78, 5) is 13.1. The Morgan fingerprint density at radius 3 is 1.79 bits per heavy atom. The van der Waals surface area contributed by atoms with E-state index < -0.39 is 0 Å². The van der Waals surface area contributed by atoms with E-state index in [1.165, 1.54) is 18.5 Å². The molecule has 0 heterocycles. The fourth-order valence-corrected chi connectivity index (χ4v) is 1.96. The van der Waals surface area contributed by atoms with Crippen molar-refractivity contribution in [2.24, 2.45) is 11.8 Å². The Morgan fingerprint density at radius 1 is 0.947 bits per heavy atom. The van der Waals surface area contributed by atoms with Gasteiger partial charge in [-0.1, -0.05) is 27.7 Å². The lowest BCUT2D eigenvalue weighted by molar-refractivity contribution is 0.112. The molecule has 0 aliphatic heterocycles. The minimum atomic E-state index is 0.718. The van der Waals surface area contributed by atoms with Crippen molar-refractivity contribution in [1.82, 2.24) is 0 Å². The average Bonchev–Trinajstić information content (AvgIpc) is 2.38. The van der Waals surface area contributed by atoms with E-state index in [0.717, 1.165) is 36.8 Å². The van der Waals surface area contributed by atoms with Crippen LogP contribution in [0.4, 0.5) is 5.69 Å². The molecule has 0 aliphatic carbocycles. The second kappa shape index (κ2) is 7.98. The molecule has 2 heteroatoms. The normalized spacial score (nSPS) is 11.1. The number of nitrogens with zero attached hydrogens (tertiary/aromatic N) is 1. The molecule has 0 saturated carbocycles. The van der Waals surface area contributed by atoms with Gasteiger partial charge in [0.2, 0.25) is 0 Å². The number of aldehydes is 1. The lowest BCUT2D eigenvalue weighted by Crippen LogP contribution is -2.27. The molecule has 0 spiro atoms. The zero-order chi connectivity index (χ0) is 14.3. The Morgan fingerprint density at radius 2 is 1.42 bits per heavy atom. The van der Waals surface area contributed by atoms with Gasteiger partial charge in [-0.3, -0.25) is 4.79 Å². The van der Waals surface area contributed by atoms with Crippen LogP contribution in [0.25, 0.3) is 0 Å². The maximum absolute atomic E-state index is 10.7. The molecular formula is C17H27NO. The van der Waals surface area contributed by atoms with Crippen LogP contribution in [0.1, 0.15) is 50.9 Å². The fraction of sp³-hybridized carbons (Fsp3) is 0.588. The summed E-state index contributed by atoms with van der Waals surface area (Å²) in [6.45, 7) is 11.2. The SMILES string of the molecule is CC(C)CCN(CCC(C)C)c1ccc(C=O)cc1. The predicted octanol–water partition coefficient (Wildman–Crippen LogP) is 4.40. The lowest BCUT2D eigenvalue weighted by Gasteiger charge is -2.26. The zero-order valence-electron chi connectivity index (χ0n) is 12.7. The number of carbonyl (C=O) groups is 1. The van der Waals surface area contributed by atoms with Crippen LogP contribution in [0.15, 0.2) is 24.3 Å². The van der Waals surface area contributed by atoms with Crippen molar-refractivity contribution in [3.63, 3.8) is 0 Å². The lowest BCUT2D eigenvalue weighted by atomic mass is 10.1. The summed E-state index contributed by atoms with van der Waals surface area (Å²) >= 11 is 0. The molecule has 0 aliphatic rings. The molecule has 0 saturated heterocycles. The van der Waals surface area contributed by atoms with Gasteiger partial charge in [-0.05, 0) is 48.9 Å². The van der Waals surface area contributed by atoms with E-state index in [2.05, 4.69) is 44.7 Å². The van der Waals surface area contributed by atoms with Crippen LogP contribution in [0.3, 0.4) is 0 Å². The van der Waals surface area contributed by atoms with Crippen molar-refractivity contribution in [3.05, 3.63) is 29.8 Å². The van der Waals surface area contributed by atoms with Gasteiger partial charge in [0.25, 0.3) is 0 Å². The molecule has 0 atom stereocenters. The Kier molecular flexibility index (Phi) is 6.61.